The molecule has 0 radical (unpaired) electrons. The normalized spacial score (nSPS) is 33.2. The van der Waals surface area contributed by atoms with Crippen molar-refractivity contribution in [3.8, 4) is 0 Å². The number of non-ortho nitro benzene ring substituents is 1. The smallest absolute Gasteiger partial charge is 0.429 e. The average Bonchev–Trinajstić information content (AvgIpc) is 3.37. The van der Waals surface area contributed by atoms with Gasteiger partial charge in [-0.2, -0.15) is 5.11 Å². The van der Waals surface area contributed by atoms with Crippen molar-refractivity contribution in [1.29, 1.82) is 0 Å². The molecule has 1 aromatic rings. The van der Waals surface area contributed by atoms with Crippen molar-refractivity contribution in [1.82, 2.24) is 10.0 Å². The third-order valence-corrected chi connectivity index (χ3v) is 6.39. The Balaban J connectivity index is 1.47. The summed E-state index contributed by atoms with van der Waals surface area (Å²) in [4.78, 5) is 35.3. The number of methoxy groups -OCH3 is 2. The van der Waals surface area contributed by atoms with Crippen LogP contribution in [0.2, 0.25) is 0 Å². The van der Waals surface area contributed by atoms with E-state index >= 15 is 0 Å². The number of hydrogen-bond acceptors (Lipinski definition) is 9. The van der Waals surface area contributed by atoms with Crippen molar-refractivity contribution in [2.24, 2.45) is 22.2 Å². The number of hydrogen-bond donors (Lipinski definition) is 0. The largest absolute Gasteiger partial charge is 0.452 e. The number of rotatable bonds is 2. The first-order valence-corrected chi connectivity index (χ1v) is 9.16. The number of nitro benzene ring substituents is 1. The zero-order chi connectivity index (χ0) is 20.4. The molecule has 4 aliphatic rings. The number of hydrazine groups is 1. The molecule has 12 nitrogen and oxygen atoms in total. The SMILES string of the molecule is COC(=O)N1[C@@H]2[C@@H]3C[C@@H]([C@@H]4[C@H]3N=NN4c3cccc([N+](=O)[O-])c3)[C@@H]2N1C(=O)OC. The minimum absolute atomic E-state index is 0.00994. The van der Waals surface area contributed by atoms with E-state index < -0.39 is 17.1 Å². The molecular weight excluding hydrogens is 384 g/mol. The third-order valence-electron chi connectivity index (χ3n) is 6.39. The molecule has 2 saturated carbocycles. The van der Waals surface area contributed by atoms with Crippen LogP contribution in [0.5, 0.6) is 0 Å². The van der Waals surface area contributed by atoms with E-state index in [2.05, 4.69) is 10.3 Å². The lowest BCUT2D eigenvalue weighted by atomic mass is 9.79. The molecule has 2 heterocycles. The van der Waals surface area contributed by atoms with Crippen LogP contribution in [0.3, 0.4) is 0 Å². The molecule has 0 unspecified atom stereocenters. The van der Waals surface area contributed by atoms with E-state index in [1.165, 1.54) is 36.4 Å². The van der Waals surface area contributed by atoms with Gasteiger partial charge in [0.05, 0.1) is 43.0 Å². The Morgan fingerprint density at radius 1 is 1.10 bits per heavy atom. The number of carbonyl (C=O) groups is 2. The molecule has 29 heavy (non-hydrogen) atoms. The Morgan fingerprint density at radius 2 is 1.76 bits per heavy atom. The summed E-state index contributed by atoms with van der Waals surface area (Å²) in [6.45, 7) is 0. The van der Waals surface area contributed by atoms with Gasteiger partial charge < -0.3 is 9.47 Å². The van der Waals surface area contributed by atoms with Gasteiger partial charge in [0.25, 0.3) is 5.69 Å². The van der Waals surface area contributed by atoms with Crippen molar-refractivity contribution in [3.63, 3.8) is 0 Å². The van der Waals surface area contributed by atoms with E-state index in [1.807, 2.05) is 0 Å². The Morgan fingerprint density at radius 3 is 2.38 bits per heavy atom. The van der Waals surface area contributed by atoms with Gasteiger partial charge in [0.15, 0.2) is 0 Å². The number of anilines is 1. The number of benzene rings is 1. The monoisotopic (exact) mass is 402 g/mol. The van der Waals surface area contributed by atoms with Crippen LogP contribution in [0.4, 0.5) is 21.0 Å². The number of amides is 2. The van der Waals surface area contributed by atoms with Crippen LogP contribution in [-0.2, 0) is 9.47 Å². The van der Waals surface area contributed by atoms with E-state index in [4.69, 9.17) is 9.47 Å². The second kappa shape index (κ2) is 6.03. The Bertz CT molecular complexity index is 939. The molecule has 1 aromatic carbocycles. The summed E-state index contributed by atoms with van der Waals surface area (Å²) >= 11 is 0. The van der Waals surface area contributed by atoms with Gasteiger partial charge in [-0.1, -0.05) is 11.3 Å². The lowest BCUT2D eigenvalue weighted by Crippen LogP contribution is -2.78. The van der Waals surface area contributed by atoms with Crippen molar-refractivity contribution < 1.29 is 24.0 Å². The minimum atomic E-state index is -0.630. The van der Waals surface area contributed by atoms with Crippen molar-refractivity contribution in [2.45, 2.75) is 30.6 Å². The molecule has 2 aliphatic carbocycles. The molecule has 152 valence electrons. The van der Waals surface area contributed by atoms with Gasteiger partial charge in [-0.05, 0) is 12.5 Å². The summed E-state index contributed by atoms with van der Waals surface area (Å²) in [6, 6.07) is 5.48. The summed E-state index contributed by atoms with van der Waals surface area (Å²) in [7, 11) is 2.53. The topological polar surface area (TPSA) is 130 Å². The van der Waals surface area contributed by atoms with Gasteiger partial charge in [-0.15, -0.1) is 0 Å². The molecule has 6 atom stereocenters. The van der Waals surface area contributed by atoms with Gasteiger partial charge in [-0.3, -0.25) is 10.1 Å². The van der Waals surface area contributed by atoms with E-state index in [0.717, 1.165) is 6.42 Å². The van der Waals surface area contributed by atoms with Crippen molar-refractivity contribution in [3.05, 3.63) is 34.4 Å². The van der Waals surface area contributed by atoms with Crippen molar-refractivity contribution >= 4 is 23.6 Å². The number of fused-ring (bicyclic) bond motifs is 8. The van der Waals surface area contributed by atoms with Crippen LogP contribution in [0, 0.1) is 22.0 Å². The van der Waals surface area contributed by atoms with Crippen LogP contribution in [0.25, 0.3) is 0 Å². The molecule has 3 fully saturated rings. The molecule has 0 N–H and O–H groups in total. The summed E-state index contributed by atoms with van der Waals surface area (Å²) in [5.74, 6) is 0.00622. The molecule has 12 heteroatoms. The highest BCUT2D eigenvalue weighted by Crippen LogP contribution is 2.59. The van der Waals surface area contributed by atoms with Crippen LogP contribution in [-0.4, -0.2) is 65.5 Å². The second-order valence-electron chi connectivity index (χ2n) is 7.48. The first-order valence-electron chi connectivity index (χ1n) is 9.16. The van der Waals surface area contributed by atoms with E-state index in [0.29, 0.717) is 5.69 Å². The zero-order valence-electron chi connectivity index (χ0n) is 15.6. The fourth-order valence-electron chi connectivity index (χ4n) is 5.39. The third kappa shape index (κ3) is 2.19. The zero-order valence-corrected chi connectivity index (χ0v) is 15.6. The molecule has 2 aliphatic heterocycles. The van der Waals surface area contributed by atoms with Gasteiger partial charge in [0.1, 0.15) is 6.04 Å². The summed E-state index contributed by atoms with van der Waals surface area (Å²) in [5.41, 5.74) is 0.548. The first kappa shape index (κ1) is 17.6. The molecule has 2 bridgehead atoms. The summed E-state index contributed by atoms with van der Waals surface area (Å²) in [6.07, 6.45) is -0.489. The van der Waals surface area contributed by atoms with E-state index in [9.17, 15) is 19.7 Å². The second-order valence-corrected chi connectivity index (χ2v) is 7.48. The maximum atomic E-state index is 12.3. The fourth-order valence-corrected chi connectivity index (χ4v) is 5.39. The Hall–Kier alpha value is -3.44. The maximum Gasteiger partial charge on any atom is 0.429 e. The number of ether oxygens (including phenoxy) is 2. The molecule has 0 spiro atoms. The lowest BCUT2D eigenvalue weighted by molar-refractivity contribution is -0.384. The van der Waals surface area contributed by atoms with Crippen molar-refractivity contribution in [2.75, 3.05) is 19.2 Å². The lowest BCUT2D eigenvalue weighted by Gasteiger charge is -2.58. The molecule has 0 aromatic heterocycles. The van der Waals surface area contributed by atoms with Gasteiger partial charge >= 0.3 is 12.2 Å². The first-order chi connectivity index (χ1) is 14.0. The van der Waals surface area contributed by atoms with Gasteiger partial charge in [0, 0.05) is 24.0 Å². The summed E-state index contributed by atoms with van der Waals surface area (Å²) in [5, 5.41) is 24.1. The quantitative estimate of drug-likeness (QED) is 0.546. The standard InChI is InChI=1S/C17H18N6O6/c1-28-16(24)21-14-10-7-11(15(14)22(21)17(25)29-2)13-12(10)18-19-20(13)8-4-3-5-9(6-8)23(26)27/h3-6,10-15H,7H2,1-2H3/t10-,11+,12+,13-,14-,15+/m1/s1. The molecule has 5 rings (SSSR count). The highest BCUT2D eigenvalue weighted by Gasteiger charge is 2.73. The van der Waals surface area contributed by atoms with Crippen LogP contribution in [0.15, 0.2) is 34.6 Å². The predicted molar refractivity (Wildman–Crippen MR) is 95.7 cm³/mol. The Labute approximate surface area is 164 Å². The summed E-state index contributed by atoms with van der Waals surface area (Å²) < 4.78 is 9.70. The minimum Gasteiger partial charge on any atom is -0.452 e. The molecule has 1 saturated heterocycles. The highest BCUT2D eigenvalue weighted by atomic mass is 16.6. The van der Waals surface area contributed by atoms with E-state index in [-0.39, 0.29) is 41.7 Å². The number of nitro groups is 1. The van der Waals surface area contributed by atoms with Gasteiger partial charge in [-0.25, -0.2) is 24.6 Å². The van der Waals surface area contributed by atoms with Crippen LogP contribution < -0.4 is 5.01 Å². The maximum absolute atomic E-state index is 12.3. The van der Waals surface area contributed by atoms with Gasteiger partial charge in [0.2, 0.25) is 0 Å². The fraction of sp³-hybridized carbons (Fsp3) is 0.529. The Kier molecular flexibility index (Phi) is 3.67. The molecule has 2 amide bonds. The number of nitrogens with zero attached hydrogens (tertiary/aromatic N) is 6. The highest BCUT2D eigenvalue weighted by molar-refractivity contribution is 5.77. The van der Waals surface area contributed by atoms with Crippen LogP contribution in [0.1, 0.15) is 6.42 Å². The number of carbonyl (C=O) groups excluding carboxylic acids is 2. The van der Waals surface area contributed by atoms with E-state index in [1.54, 1.807) is 17.1 Å². The van der Waals surface area contributed by atoms with Crippen LogP contribution >= 0.6 is 0 Å². The predicted octanol–water partition coefficient (Wildman–Crippen LogP) is 1.97. The molecular formula is C17H18N6O6. The average molecular weight is 402 g/mol.